The van der Waals surface area contributed by atoms with Crippen LogP contribution in [0.5, 0.6) is 0 Å². The predicted molar refractivity (Wildman–Crippen MR) is 66.3 cm³/mol. The molecule has 1 aliphatic carbocycles. The SMILES string of the molecule is CN(c1cc[c-]cc1)C1CCCCC1.[Br-].[Mg+2]. The summed E-state index contributed by atoms with van der Waals surface area (Å²) >= 11 is 0. The van der Waals surface area contributed by atoms with Gasteiger partial charge in [-0.25, -0.2) is 0 Å². The van der Waals surface area contributed by atoms with Crippen molar-refractivity contribution in [3.63, 3.8) is 0 Å². The first kappa shape index (κ1) is 16.3. The molecule has 0 amide bonds. The van der Waals surface area contributed by atoms with E-state index in [2.05, 4.69) is 30.1 Å². The van der Waals surface area contributed by atoms with Crippen LogP contribution in [0.4, 0.5) is 5.69 Å². The predicted octanol–water partition coefficient (Wildman–Crippen LogP) is -0.121. The normalized spacial score (nSPS) is 15.8. The monoisotopic (exact) mass is 291 g/mol. The number of hydrogen-bond donors (Lipinski definition) is 0. The van der Waals surface area contributed by atoms with Gasteiger partial charge in [0.2, 0.25) is 0 Å². The van der Waals surface area contributed by atoms with Crippen LogP contribution in [0.3, 0.4) is 0 Å². The maximum atomic E-state index is 3.06. The second kappa shape index (κ2) is 8.37. The van der Waals surface area contributed by atoms with Crippen molar-refractivity contribution in [3.8, 4) is 0 Å². The van der Waals surface area contributed by atoms with Crippen LogP contribution in [-0.2, 0) is 0 Å². The zero-order valence-electron chi connectivity index (χ0n) is 9.95. The van der Waals surface area contributed by atoms with Gasteiger partial charge in [0.05, 0.1) is 0 Å². The second-order valence-electron chi connectivity index (χ2n) is 4.16. The largest absolute Gasteiger partial charge is 2.00 e. The fourth-order valence-corrected chi connectivity index (χ4v) is 2.29. The second-order valence-corrected chi connectivity index (χ2v) is 4.16. The van der Waals surface area contributed by atoms with Gasteiger partial charge in [-0.3, -0.25) is 0 Å². The molecule has 1 aromatic rings. The van der Waals surface area contributed by atoms with Crippen LogP contribution in [0, 0.1) is 6.07 Å². The molecule has 0 heterocycles. The number of anilines is 1. The van der Waals surface area contributed by atoms with Crippen molar-refractivity contribution in [2.75, 3.05) is 11.9 Å². The molecule has 0 unspecified atom stereocenters. The van der Waals surface area contributed by atoms with E-state index in [1.165, 1.54) is 37.8 Å². The molecular formula is C13H18BrMgN. The first-order valence-electron chi connectivity index (χ1n) is 5.57. The maximum absolute atomic E-state index is 3.06. The summed E-state index contributed by atoms with van der Waals surface area (Å²) in [5.41, 5.74) is 1.33. The molecular weight excluding hydrogens is 274 g/mol. The average molecular weight is 293 g/mol. The molecule has 84 valence electrons. The molecule has 2 rings (SSSR count). The summed E-state index contributed by atoms with van der Waals surface area (Å²) in [6.07, 6.45) is 6.93. The standard InChI is InChI=1S/C13H18N.BrH.Mg/c1-14(12-8-4-2-5-9-12)13-10-6-3-7-11-13;;/h6-7,10-12H,2,4-5,8-9H2,1H3;1H;/q-1;;+2/p-1. The third-order valence-corrected chi connectivity index (χ3v) is 3.23. The molecule has 0 radical (unpaired) electrons. The Hall–Kier alpha value is 0.266. The molecule has 1 fully saturated rings. The molecule has 3 heteroatoms. The number of rotatable bonds is 2. The number of hydrogen-bond acceptors (Lipinski definition) is 1. The molecule has 1 aromatic carbocycles. The van der Waals surface area contributed by atoms with E-state index >= 15 is 0 Å². The van der Waals surface area contributed by atoms with Crippen LogP contribution in [0.1, 0.15) is 32.1 Å². The molecule has 1 saturated carbocycles. The van der Waals surface area contributed by atoms with Crippen molar-refractivity contribution in [2.45, 2.75) is 38.1 Å². The minimum atomic E-state index is 0. The van der Waals surface area contributed by atoms with Crippen molar-refractivity contribution < 1.29 is 17.0 Å². The average Bonchev–Trinajstić information content (AvgIpc) is 2.30. The van der Waals surface area contributed by atoms with E-state index in [4.69, 9.17) is 0 Å². The molecule has 0 spiro atoms. The quantitative estimate of drug-likeness (QED) is 0.543. The van der Waals surface area contributed by atoms with E-state index in [0.717, 1.165) is 6.04 Å². The van der Waals surface area contributed by atoms with Crippen LogP contribution in [0.2, 0.25) is 0 Å². The molecule has 0 atom stereocenters. The number of halogens is 1. The number of nitrogens with zero attached hydrogens (tertiary/aromatic N) is 1. The summed E-state index contributed by atoms with van der Waals surface area (Å²) in [4.78, 5) is 2.42. The Morgan fingerprint density at radius 3 is 2.25 bits per heavy atom. The summed E-state index contributed by atoms with van der Waals surface area (Å²) in [6, 6.07) is 12.1. The van der Waals surface area contributed by atoms with Crippen molar-refractivity contribution in [3.05, 3.63) is 30.3 Å². The van der Waals surface area contributed by atoms with E-state index < -0.39 is 0 Å². The van der Waals surface area contributed by atoms with Gasteiger partial charge < -0.3 is 21.9 Å². The third kappa shape index (κ3) is 4.26. The van der Waals surface area contributed by atoms with Crippen molar-refractivity contribution in [1.82, 2.24) is 0 Å². The van der Waals surface area contributed by atoms with Crippen LogP contribution >= 0.6 is 0 Å². The summed E-state index contributed by atoms with van der Waals surface area (Å²) in [7, 11) is 2.21. The van der Waals surface area contributed by atoms with Crippen molar-refractivity contribution in [1.29, 1.82) is 0 Å². The van der Waals surface area contributed by atoms with E-state index in [0.29, 0.717) is 0 Å². The van der Waals surface area contributed by atoms with Gasteiger partial charge in [0.1, 0.15) is 0 Å². The third-order valence-electron chi connectivity index (χ3n) is 3.23. The molecule has 1 aliphatic rings. The molecule has 0 N–H and O–H groups in total. The molecule has 0 saturated heterocycles. The van der Waals surface area contributed by atoms with E-state index in [9.17, 15) is 0 Å². The summed E-state index contributed by atoms with van der Waals surface area (Å²) in [5, 5.41) is 0. The van der Waals surface area contributed by atoms with Crippen molar-refractivity contribution >= 4 is 28.7 Å². The van der Waals surface area contributed by atoms with E-state index in [1.54, 1.807) is 0 Å². The topological polar surface area (TPSA) is 3.24 Å². The van der Waals surface area contributed by atoms with Crippen LogP contribution in [0.25, 0.3) is 0 Å². The summed E-state index contributed by atoms with van der Waals surface area (Å²) in [6.45, 7) is 0. The Kier molecular flexibility index (Phi) is 8.51. The van der Waals surface area contributed by atoms with Gasteiger partial charge in [-0.05, 0) is 12.8 Å². The fraction of sp³-hybridized carbons (Fsp3) is 0.538. The fourth-order valence-electron chi connectivity index (χ4n) is 2.29. The van der Waals surface area contributed by atoms with E-state index in [-0.39, 0.29) is 40.0 Å². The van der Waals surface area contributed by atoms with E-state index in [1.807, 2.05) is 12.1 Å². The Labute approximate surface area is 126 Å². The molecule has 0 bridgehead atoms. The minimum Gasteiger partial charge on any atom is -1.00 e. The smallest absolute Gasteiger partial charge is 1.00 e. The first-order valence-corrected chi connectivity index (χ1v) is 5.57. The van der Waals surface area contributed by atoms with Crippen LogP contribution < -0.4 is 21.9 Å². The van der Waals surface area contributed by atoms with Gasteiger partial charge in [0.15, 0.2) is 0 Å². The van der Waals surface area contributed by atoms with Crippen LogP contribution in [-0.4, -0.2) is 36.1 Å². The Morgan fingerprint density at radius 1 is 1.12 bits per heavy atom. The zero-order valence-corrected chi connectivity index (χ0v) is 13.0. The van der Waals surface area contributed by atoms with Gasteiger partial charge in [-0.15, -0.1) is 12.1 Å². The molecule has 0 aliphatic heterocycles. The van der Waals surface area contributed by atoms with Gasteiger partial charge in [-0.1, -0.05) is 24.9 Å². The summed E-state index contributed by atoms with van der Waals surface area (Å²) < 4.78 is 0. The molecule has 1 nitrogen and oxygen atoms in total. The minimum absolute atomic E-state index is 0. The Bertz CT molecular complexity index is 273. The molecule has 0 aromatic heterocycles. The Balaban J connectivity index is 0.00000112. The van der Waals surface area contributed by atoms with Gasteiger partial charge in [0.25, 0.3) is 0 Å². The van der Waals surface area contributed by atoms with Gasteiger partial charge in [0, 0.05) is 13.1 Å². The number of benzene rings is 1. The van der Waals surface area contributed by atoms with Crippen LogP contribution in [0.15, 0.2) is 24.3 Å². The summed E-state index contributed by atoms with van der Waals surface area (Å²) in [5.74, 6) is 0. The Morgan fingerprint density at radius 2 is 1.69 bits per heavy atom. The molecule has 16 heavy (non-hydrogen) atoms. The van der Waals surface area contributed by atoms with Gasteiger partial charge in [-0.2, -0.15) is 18.2 Å². The van der Waals surface area contributed by atoms with Gasteiger partial charge >= 0.3 is 23.1 Å². The maximum Gasteiger partial charge on any atom is 2.00 e. The first-order chi connectivity index (χ1) is 6.88. The zero-order chi connectivity index (χ0) is 9.80. The van der Waals surface area contributed by atoms with Crippen molar-refractivity contribution in [2.24, 2.45) is 0 Å².